The minimum Gasteiger partial charge on any atom is -0.387 e. The Kier molecular flexibility index (Phi) is 6.71. The number of rotatable bonds is 6. The van der Waals surface area contributed by atoms with E-state index < -0.39 is 66.8 Å². The first-order valence-corrected chi connectivity index (χ1v) is 9.30. The van der Waals surface area contributed by atoms with E-state index in [-0.39, 0.29) is 31.0 Å². The third-order valence-electron chi connectivity index (χ3n) is 4.84. The number of halogens is 6. The molecule has 0 spiro atoms. The fraction of sp³-hybridized carbons (Fsp3) is 0.444. The van der Waals surface area contributed by atoms with Gasteiger partial charge in [0.1, 0.15) is 12.4 Å². The number of aromatic nitrogens is 3. The fourth-order valence-corrected chi connectivity index (χ4v) is 3.35. The molecule has 0 radical (unpaired) electrons. The van der Waals surface area contributed by atoms with Gasteiger partial charge in [-0.05, 0) is 18.1 Å². The van der Waals surface area contributed by atoms with Crippen molar-refractivity contribution in [3.05, 3.63) is 46.8 Å². The lowest BCUT2D eigenvalue weighted by atomic mass is 10.0. The number of hydrogen-bond donors (Lipinski definition) is 2. The second kappa shape index (κ2) is 9.14. The second-order valence-electron chi connectivity index (χ2n) is 7.09. The summed E-state index contributed by atoms with van der Waals surface area (Å²) in [7, 11) is 0. The molecule has 2 aromatic rings. The normalized spacial score (nSPS) is 14.8. The molecule has 32 heavy (non-hydrogen) atoms. The van der Waals surface area contributed by atoms with Crippen LogP contribution in [0.3, 0.4) is 0 Å². The number of fused-ring (bicyclic) bond motifs is 1. The van der Waals surface area contributed by atoms with Crippen molar-refractivity contribution in [1.82, 2.24) is 25.0 Å². The van der Waals surface area contributed by atoms with Gasteiger partial charge in [-0.1, -0.05) is 0 Å². The van der Waals surface area contributed by atoms with E-state index in [1.54, 1.807) is 0 Å². The predicted octanol–water partition coefficient (Wildman–Crippen LogP) is 1.17. The van der Waals surface area contributed by atoms with Crippen LogP contribution in [0.15, 0.2) is 12.1 Å². The summed E-state index contributed by atoms with van der Waals surface area (Å²) in [5.74, 6) is -6.59. The topological polar surface area (TPSA) is 100 Å². The van der Waals surface area contributed by atoms with Crippen molar-refractivity contribution in [2.45, 2.75) is 38.1 Å². The van der Waals surface area contributed by atoms with E-state index in [1.807, 2.05) is 0 Å². The van der Waals surface area contributed by atoms with Crippen LogP contribution in [0.4, 0.5) is 26.3 Å². The number of nitrogens with one attached hydrogen (secondary N) is 1. The van der Waals surface area contributed by atoms with Crippen LogP contribution >= 0.6 is 0 Å². The van der Waals surface area contributed by atoms with Crippen LogP contribution < -0.4 is 5.32 Å². The first-order valence-electron chi connectivity index (χ1n) is 9.30. The van der Waals surface area contributed by atoms with Gasteiger partial charge in [0.15, 0.2) is 17.5 Å². The Labute approximate surface area is 176 Å². The molecule has 1 aromatic heterocycles. The highest BCUT2D eigenvalue weighted by Crippen LogP contribution is 2.29. The molecule has 0 fully saturated rings. The fourth-order valence-electron chi connectivity index (χ4n) is 3.35. The van der Waals surface area contributed by atoms with E-state index >= 15 is 0 Å². The van der Waals surface area contributed by atoms with E-state index in [1.165, 1.54) is 4.90 Å². The second-order valence-corrected chi connectivity index (χ2v) is 7.09. The highest BCUT2D eigenvalue weighted by molar-refractivity contribution is 5.80. The summed E-state index contributed by atoms with van der Waals surface area (Å²) >= 11 is 0. The highest BCUT2D eigenvalue weighted by atomic mass is 19.4. The number of aliphatic hydroxyl groups excluding tert-OH is 1. The summed E-state index contributed by atoms with van der Waals surface area (Å²) in [6, 6.07) is -0.186. The molecule has 0 bridgehead atoms. The summed E-state index contributed by atoms with van der Waals surface area (Å²) in [5, 5.41) is 17.8. The maximum Gasteiger partial charge on any atom is 0.451 e. The van der Waals surface area contributed by atoms with Crippen LogP contribution in [0, 0.1) is 17.5 Å². The molecule has 0 saturated heterocycles. The Morgan fingerprint density at radius 3 is 2.44 bits per heavy atom. The van der Waals surface area contributed by atoms with Gasteiger partial charge in [-0.3, -0.25) is 9.59 Å². The number of hydrogen-bond acceptors (Lipinski definition) is 5. The van der Waals surface area contributed by atoms with E-state index in [9.17, 15) is 35.9 Å². The molecule has 1 atom stereocenters. The number of nitrogens with zero attached hydrogens (tertiary/aromatic N) is 4. The maximum absolute atomic E-state index is 14.0. The van der Waals surface area contributed by atoms with Gasteiger partial charge >= 0.3 is 6.18 Å². The zero-order chi connectivity index (χ0) is 23.6. The third kappa shape index (κ3) is 5.18. The van der Waals surface area contributed by atoms with Gasteiger partial charge in [0.2, 0.25) is 17.6 Å². The van der Waals surface area contributed by atoms with Crippen molar-refractivity contribution in [2.75, 3.05) is 13.2 Å². The number of carbonyl (C=O) groups is 2. The summed E-state index contributed by atoms with van der Waals surface area (Å²) in [6.07, 6.45) is -5.54. The average molecular weight is 465 g/mol. The van der Waals surface area contributed by atoms with Crippen molar-refractivity contribution in [3.8, 4) is 0 Å². The average Bonchev–Trinajstić information content (AvgIpc) is 3.15. The summed E-state index contributed by atoms with van der Waals surface area (Å²) in [6.45, 7) is -1.53. The van der Waals surface area contributed by atoms with Crippen LogP contribution in [-0.2, 0) is 35.3 Å². The zero-order valence-corrected chi connectivity index (χ0v) is 16.3. The molecule has 1 aromatic carbocycles. The van der Waals surface area contributed by atoms with Gasteiger partial charge in [-0.25, -0.2) is 13.2 Å². The van der Waals surface area contributed by atoms with Crippen molar-refractivity contribution >= 4 is 11.8 Å². The lowest BCUT2D eigenvalue weighted by Gasteiger charge is -2.29. The van der Waals surface area contributed by atoms with Gasteiger partial charge in [0.25, 0.3) is 0 Å². The molecule has 2 heterocycles. The van der Waals surface area contributed by atoms with Crippen molar-refractivity contribution < 1.29 is 41.0 Å². The number of amides is 2. The quantitative estimate of drug-likeness (QED) is 0.493. The summed E-state index contributed by atoms with van der Waals surface area (Å²) in [4.78, 5) is 25.5. The van der Waals surface area contributed by atoms with Crippen LogP contribution in [0.1, 0.15) is 23.6 Å². The van der Waals surface area contributed by atoms with Crippen LogP contribution in [0.5, 0.6) is 0 Å². The van der Waals surface area contributed by atoms with E-state index in [0.29, 0.717) is 12.1 Å². The first-order chi connectivity index (χ1) is 15.0. The van der Waals surface area contributed by atoms with Crippen molar-refractivity contribution in [1.29, 1.82) is 0 Å². The number of carbonyl (C=O) groups excluding carboxylic acids is 2. The molecule has 0 aliphatic carbocycles. The molecular formula is C18H17F6N5O3. The molecule has 1 aliphatic rings. The molecule has 14 heteroatoms. The molecular weight excluding hydrogens is 448 g/mol. The van der Waals surface area contributed by atoms with Crippen LogP contribution in [-0.4, -0.2) is 55.8 Å². The van der Waals surface area contributed by atoms with Gasteiger partial charge in [-0.15, -0.1) is 10.2 Å². The monoisotopic (exact) mass is 465 g/mol. The van der Waals surface area contributed by atoms with Crippen LogP contribution in [0.25, 0.3) is 0 Å². The molecule has 2 amide bonds. The minimum atomic E-state index is -4.70. The molecule has 0 unspecified atom stereocenters. The Hall–Kier alpha value is -3.16. The molecule has 174 valence electrons. The number of alkyl halides is 3. The standard InChI is InChI=1S/C18H17F6N5O3/c19-11-6-13(21)12(20)4-9(11)3-10(25-15(31)8-30)5-16(32)28-1-2-29-14(7-28)26-27-17(29)18(22,23)24/h4,6,10,30H,1-3,5,7-8H2,(H,25,31)/t10-/m1/s1. The minimum absolute atomic E-state index is 0.0838. The lowest BCUT2D eigenvalue weighted by Crippen LogP contribution is -2.45. The molecule has 8 nitrogen and oxygen atoms in total. The third-order valence-corrected chi connectivity index (χ3v) is 4.84. The van der Waals surface area contributed by atoms with Crippen molar-refractivity contribution in [3.63, 3.8) is 0 Å². The molecule has 2 N–H and O–H groups in total. The maximum atomic E-state index is 14.0. The SMILES string of the molecule is O=C(CO)N[C@@H](CC(=O)N1CCn2c(nnc2C(F)(F)F)C1)Cc1cc(F)c(F)cc1F. The molecule has 0 saturated carbocycles. The molecule has 3 rings (SSSR count). The van der Waals surface area contributed by atoms with Gasteiger partial charge in [0.05, 0.1) is 6.54 Å². The first kappa shape index (κ1) is 23.5. The highest BCUT2D eigenvalue weighted by Gasteiger charge is 2.40. The summed E-state index contributed by atoms with van der Waals surface area (Å²) < 4.78 is 80.3. The smallest absolute Gasteiger partial charge is 0.387 e. The predicted molar refractivity (Wildman–Crippen MR) is 94.1 cm³/mol. The van der Waals surface area contributed by atoms with E-state index in [4.69, 9.17) is 5.11 Å². The Bertz CT molecular complexity index is 1030. The zero-order valence-electron chi connectivity index (χ0n) is 16.3. The Morgan fingerprint density at radius 2 is 1.78 bits per heavy atom. The largest absolute Gasteiger partial charge is 0.451 e. The summed E-state index contributed by atoms with van der Waals surface area (Å²) in [5.41, 5.74) is -0.312. The molecule has 1 aliphatic heterocycles. The Morgan fingerprint density at radius 1 is 1.09 bits per heavy atom. The Balaban J connectivity index is 1.74. The number of aliphatic hydroxyl groups is 1. The van der Waals surface area contributed by atoms with Gasteiger partial charge in [0, 0.05) is 31.6 Å². The van der Waals surface area contributed by atoms with Crippen LogP contribution in [0.2, 0.25) is 0 Å². The van der Waals surface area contributed by atoms with E-state index in [2.05, 4.69) is 15.5 Å². The van der Waals surface area contributed by atoms with Crippen molar-refractivity contribution in [2.24, 2.45) is 0 Å². The van der Waals surface area contributed by atoms with E-state index in [0.717, 1.165) is 4.57 Å². The van der Waals surface area contributed by atoms with Gasteiger partial charge < -0.3 is 19.9 Å². The lowest BCUT2D eigenvalue weighted by molar-refractivity contribution is -0.148. The number of benzene rings is 1. The van der Waals surface area contributed by atoms with Gasteiger partial charge in [-0.2, -0.15) is 13.2 Å².